The fraction of sp³-hybridized carbons (Fsp3) is 0.500. The van der Waals surface area contributed by atoms with Crippen LogP contribution in [-0.4, -0.2) is 19.1 Å². The monoisotopic (exact) mass is 211 g/mol. The Morgan fingerprint density at radius 3 is 2.29 bits per heavy atom. The van der Waals surface area contributed by atoms with Crippen LogP contribution in [0.2, 0.25) is 0 Å². The standard InChI is InChI=1S/C12H21NS/c1-6-13-14(4,5)12-8-7-10(2)11(3)9-12/h7-9,13H,6H2,1-5H3. The Labute approximate surface area is 89.4 Å². The van der Waals surface area contributed by atoms with Crippen LogP contribution in [0.5, 0.6) is 0 Å². The highest BCUT2D eigenvalue weighted by molar-refractivity contribution is 8.31. The lowest BCUT2D eigenvalue weighted by atomic mass is 10.1. The zero-order chi connectivity index (χ0) is 10.8. The first-order chi connectivity index (χ1) is 6.47. The van der Waals surface area contributed by atoms with Gasteiger partial charge in [0, 0.05) is 11.4 Å². The molecule has 1 aromatic carbocycles. The van der Waals surface area contributed by atoms with E-state index in [0.29, 0.717) is 0 Å². The van der Waals surface area contributed by atoms with Gasteiger partial charge < -0.3 is 0 Å². The van der Waals surface area contributed by atoms with Gasteiger partial charge in [0.05, 0.1) is 0 Å². The Balaban J connectivity index is 3.01. The molecule has 0 aliphatic carbocycles. The summed E-state index contributed by atoms with van der Waals surface area (Å²) in [6, 6.07) is 6.78. The second-order valence-electron chi connectivity index (χ2n) is 4.07. The molecule has 0 heterocycles. The second-order valence-corrected chi connectivity index (χ2v) is 7.48. The van der Waals surface area contributed by atoms with Crippen molar-refractivity contribution in [3.8, 4) is 0 Å². The summed E-state index contributed by atoms with van der Waals surface area (Å²) in [6.45, 7) is 7.54. The summed E-state index contributed by atoms with van der Waals surface area (Å²) in [7, 11) is -0.800. The van der Waals surface area contributed by atoms with E-state index < -0.39 is 10.2 Å². The van der Waals surface area contributed by atoms with Gasteiger partial charge in [0.15, 0.2) is 0 Å². The van der Waals surface area contributed by atoms with E-state index in [4.69, 9.17) is 0 Å². The lowest BCUT2D eigenvalue weighted by molar-refractivity contribution is 1.01. The van der Waals surface area contributed by atoms with E-state index in [9.17, 15) is 0 Å². The number of rotatable bonds is 3. The Morgan fingerprint density at radius 2 is 1.79 bits per heavy atom. The average molecular weight is 211 g/mol. The normalized spacial score (nSPS) is 12.9. The highest BCUT2D eigenvalue weighted by Crippen LogP contribution is 2.45. The first-order valence-corrected chi connectivity index (χ1v) is 7.47. The second kappa shape index (κ2) is 4.37. The molecule has 0 saturated heterocycles. The van der Waals surface area contributed by atoms with E-state index in [1.165, 1.54) is 16.0 Å². The molecule has 1 nitrogen and oxygen atoms in total. The van der Waals surface area contributed by atoms with Crippen molar-refractivity contribution >= 4 is 10.2 Å². The number of benzene rings is 1. The van der Waals surface area contributed by atoms with Gasteiger partial charge in [-0.05, 0) is 49.6 Å². The molecule has 0 bridgehead atoms. The molecule has 0 fully saturated rings. The topological polar surface area (TPSA) is 12.0 Å². The number of nitrogens with one attached hydrogen (secondary N) is 1. The van der Waals surface area contributed by atoms with Gasteiger partial charge in [0.25, 0.3) is 0 Å². The van der Waals surface area contributed by atoms with Gasteiger partial charge in [0.1, 0.15) is 0 Å². The van der Waals surface area contributed by atoms with Crippen molar-refractivity contribution in [3.05, 3.63) is 29.3 Å². The third kappa shape index (κ3) is 2.52. The lowest BCUT2D eigenvalue weighted by Gasteiger charge is -2.33. The highest BCUT2D eigenvalue weighted by Gasteiger charge is 2.12. The molecule has 0 amide bonds. The third-order valence-electron chi connectivity index (χ3n) is 2.57. The van der Waals surface area contributed by atoms with Crippen LogP contribution < -0.4 is 4.72 Å². The molecular formula is C12H21NS. The molecule has 0 aromatic heterocycles. The van der Waals surface area contributed by atoms with Crippen molar-refractivity contribution in [1.29, 1.82) is 0 Å². The third-order valence-corrected chi connectivity index (χ3v) is 5.02. The van der Waals surface area contributed by atoms with E-state index in [0.717, 1.165) is 6.54 Å². The van der Waals surface area contributed by atoms with Crippen LogP contribution in [0.4, 0.5) is 0 Å². The van der Waals surface area contributed by atoms with Crippen LogP contribution in [0, 0.1) is 13.8 Å². The zero-order valence-electron chi connectivity index (χ0n) is 9.85. The van der Waals surface area contributed by atoms with Crippen LogP contribution in [0.25, 0.3) is 0 Å². The van der Waals surface area contributed by atoms with Crippen molar-refractivity contribution in [2.45, 2.75) is 25.7 Å². The summed E-state index contributed by atoms with van der Waals surface area (Å²) in [5, 5.41) is 0. The van der Waals surface area contributed by atoms with Crippen LogP contribution in [0.15, 0.2) is 23.1 Å². The minimum atomic E-state index is -0.800. The maximum atomic E-state index is 3.57. The Bertz CT molecular complexity index is 318. The van der Waals surface area contributed by atoms with E-state index in [1.54, 1.807) is 0 Å². The number of aryl methyl sites for hydroxylation is 2. The number of hydrogen-bond acceptors (Lipinski definition) is 1. The number of hydrogen-bond donors (Lipinski definition) is 1. The highest BCUT2D eigenvalue weighted by atomic mass is 32.3. The molecule has 1 N–H and O–H groups in total. The van der Waals surface area contributed by atoms with Gasteiger partial charge >= 0.3 is 0 Å². The molecule has 14 heavy (non-hydrogen) atoms. The predicted octanol–water partition coefficient (Wildman–Crippen LogP) is 3.25. The fourth-order valence-corrected chi connectivity index (χ4v) is 3.24. The van der Waals surface area contributed by atoms with Crippen LogP contribution in [0.1, 0.15) is 18.1 Å². The lowest BCUT2D eigenvalue weighted by Crippen LogP contribution is -2.18. The van der Waals surface area contributed by atoms with Crippen molar-refractivity contribution in [2.75, 3.05) is 19.1 Å². The predicted molar refractivity (Wildman–Crippen MR) is 67.3 cm³/mol. The van der Waals surface area contributed by atoms with Gasteiger partial charge in [-0.2, -0.15) is 10.2 Å². The summed E-state index contributed by atoms with van der Waals surface area (Å²) < 4.78 is 3.57. The molecule has 2 heteroatoms. The summed E-state index contributed by atoms with van der Waals surface area (Å²) in [5.41, 5.74) is 2.77. The summed E-state index contributed by atoms with van der Waals surface area (Å²) in [6.07, 6.45) is 4.61. The van der Waals surface area contributed by atoms with E-state index in [-0.39, 0.29) is 0 Å². The SMILES string of the molecule is CCNS(C)(C)c1ccc(C)c(C)c1. The Morgan fingerprint density at radius 1 is 1.14 bits per heavy atom. The molecule has 0 spiro atoms. The first-order valence-electron chi connectivity index (χ1n) is 5.02. The summed E-state index contributed by atoms with van der Waals surface area (Å²) in [5.74, 6) is 0. The molecule has 80 valence electrons. The molecule has 0 aliphatic rings. The van der Waals surface area contributed by atoms with Gasteiger partial charge in [-0.1, -0.05) is 13.0 Å². The van der Waals surface area contributed by atoms with Crippen molar-refractivity contribution in [2.24, 2.45) is 0 Å². The van der Waals surface area contributed by atoms with Gasteiger partial charge in [-0.25, -0.2) is 0 Å². The largest absolute Gasteiger partial charge is 0.278 e. The first kappa shape index (κ1) is 11.6. The Hall–Kier alpha value is -0.470. The minimum absolute atomic E-state index is 0.800. The van der Waals surface area contributed by atoms with Crippen molar-refractivity contribution in [3.63, 3.8) is 0 Å². The maximum Gasteiger partial charge on any atom is 0.00196 e. The molecule has 0 unspecified atom stereocenters. The molecule has 0 saturated carbocycles. The Kier molecular flexibility index (Phi) is 3.62. The molecule has 0 atom stereocenters. The minimum Gasteiger partial charge on any atom is -0.278 e. The quantitative estimate of drug-likeness (QED) is 0.809. The van der Waals surface area contributed by atoms with Crippen LogP contribution in [-0.2, 0) is 0 Å². The zero-order valence-corrected chi connectivity index (χ0v) is 10.7. The maximum absolute atomic E-state index is 3.57. The van der Waals surface area contributed by atoms with Gasteiger partial charge in [-0.3, -0.25) is 4.72 Å². The van der Waals surface area contributed by atoms with E-state index in [2.05, 4.69) is 56.2 Å². The van der Waals surface area contributed by atoms with Gasteiger partial charge in [0.2, 0.25) is 0 Å². The molecule has 0 radical (unpaired) electrons. The summed E-state index contributed by atoms with van der Waals surface area (Å²) in [4.78, 5) is 1.45. The van der Waals surface area contributed by atoms with Gasteiger partial charge in [-0.15, -0.1) is 0 Å². The van der Waals surface area contributed by atoms with Crippen molar-refractivity contribution in [1.82, 2.24) is 4.72 Å². The molecular weight excluding hydrogens is 190 g/mol. The smallest absolute Gasteiger partial charge is 0.00196 e. The van der Waals surface area contributed by atoms with E-state index >= 15 is 0 Å². The fourth-order valence-electron chi connectivity index (χ4n) is 1.48. The molecule has 0 aliphatic heterocycles. The van der Waals surface area contributed by atoms with E-state index in [1.807, 2.05) is 0 Å². The van der Waals surface area contributed by atoms with Crippen LogP contribution in [0.3, 0.4) is 0 Å². The average Bonchev–Trinajstić information content (AvgIpc) is 2.09. The molecule has 1 rings (SSSR count). The summed E-state index contributed by atoms with van der Waals surface area (Å²) >= 11 is 0. The van der Waals surface area contributed by atoms with Crippen molar-refractivity contribution < 1.29 is 0 Å². The molecule has 1 aromatic rings. The van der Waals surface area contributed by atoms with Crippen LogP contribution >= 0.6 is 10.2 Å².